The summed E-state index contributed by atoms with van der Waals surface area (Å²) in [7, 11) is 2.13. The van der Waals surface area contributed by atoms with Crippen LogP contribution in [0.25, 0.3) is 22.2 Å². The Kier molecular flexibility index (Phi) is 8.24. The van der Waals surface area contributed by atoms with Crippen LogP contribution in [0.15, 0.2) is 35.1 Å². The summed E-state index contributed by atoms with van der Waals surface area (Å²) in [6.45, 7) is 3.95. The number of nitrogens with one attached hydrogen (secondary N) is 3. The van der Waals surface area contributed by atoms with Gasteiger partial charge < -0.3 is 20.2 Å². The Morgan fingerprint density at radius 3 is 2.72 bits per heavy atom. The van der Waals surface area contributed by atoms with Gasteiger partial charge in [-0.15, -0.1) is 0 Å². The first kappa shape index (κ1) is 27.6. The van der Waals surface area contributed by atoms with Gasteiger partial charge in [-0.3, -0.25) is 14.4 Å². The van der Waals surface area contributed by atoms with Gasteiger partial charge in [0.25, 0.3) is 5.56 Å². The van der Waals surface area contributed by atoms with Crippen molar-refractivity contribution in [2.24, 2.45) is 11.3 Å². The number of imidazole rings is 1. The number of benzene rings is 1. The summed E-state index contributed by atoms with van der Waals surface area (Å²) in [6.07, 6.45) is 7.45. The molecule has 3 aromatic rings. The zero-order valence-corrected chi connectivity index (χ0v) is 23.6. The summed E-state index contributed by atoms with van der Waals surface area (Å²) in [6, 6.07) is 9.01. The minimum absolute atomic E-state index is 0.0316. The number of nitrogens with zero attached hydrogens (tertiary/aromatic N) is 2. The first-order valence-corrected chi connectivity index (χ1v) is 14.6. The van der Waals surface area contributed by atoms with E-state index < -0.39 is 0 Å². The predicted octanol–water partition coefficient (Wildman–Crippen LogP) is 5.39. The summed E-state index contributed by atoms with van der Waals surface area (Å²) in [4.78, 5) is 51.1. The van der Waals surface area contributed by atoms with E-state index in [0.717, 1.165) is 62.5 Å². The number of para-hydroxylation sites is 1. The number of likely N-dealkylation sites (tertiary alicyclic amines) is 1. The van der Waals surface area contributed by atoms with E-state index in [1.165, 1.54) is 0 Å². The summed E-state index contributed by atoms with van der Waals surface area (Å²) in [5, 5.41) is 4.43. The number of ketones is 1. The van der Waals surface area contributed by atoms with Crippen molar-refractivity contribution in [2.45, 2.75) is 70.8 Å². The third-order valence-electron chi connectivity index (χ3n) is 8.66. The van der Waals surface area contributed by atoms with Gasteiger partial charge in [0.1, 0.15) is 22.5 Å². The average Bonchev–Trinajstić information content (AvgIpc) is 3.51. The lowest BCUT2D eigenvalue weighted by molar-refractivity contribution is -0.124. The summed E-state index contributed by atoms with van der Waals surface area (Å²) >= 11 is 6.60. The van der Waals surface area contributed by atoms with E-state index in [4.69, 9.17) is 16.6 Å². The standard InChI is InChI=1S/C30H38ClN5O3/c1-3-20(37)10-5-4-6-12-24(33-29(39)22-18-30(22)13-15-36(2)16-14-30)27-34-25(26(31)35-27)21-17-19-9-7-8-11-23(19)32-28(21)38/h7-9,11,17,22,24H,3-6,10,12-16,18H2,1-2H3,(H,32,38)(H,33,39)(H,34,35)/t22-,24+/m1/s1. The van der Waals surface area contributed by atoms with Gasteiger partial charge in [-0.05, 0) is 75.2 Å². The van der Waals surface area contributed by atoms with Gasteiger partial charge in [0.2, 0.25) is 5.91 Å². The van der Waals surface area contributed by atoms with E-state index in [9.17, 15) is 14.4 Å². The average molecular weight is 552 g/mol. The maximum atomic E-state index is 13.4. The molecule has 0 unspecified atom stereocenters. The van der Waals surface area contributed by atoms with Crippen molar-refractivity contribution in [3.63, 3.8) is 0 Å². The highest BCUT2D eigenvalue weighted by atomic mass is 35.5. The van der Waals surface area contributed by atoms with Crippen molar-refractivity contribution in [1.82, 2.24) is 25.2 Å². The Balaban J connectivity index is 1.34. The van der Waals surface area contributed by atoms with Crippen molar-refractivity contribution >= 4 is 34.2 Å². The molecule has 3 heterocycles. The first-order valence-electron chi connectivity index (χ1n) is 14.2. The molecule has 5 rings (SSSR count). The number of carbonyl (C=O) groups excluding carboxylic acids is 2. The molecule has 208 valence electrons. The molecule has 2 atom stereocenters. The fourth-order valence-electron chi connectivity index (χ4n) is 5.94. The topological polar surface area (TPSA) is 111 Å². The lowest BCUT2D eigenvalue weighted by atomic mass is 9.91. The number of H-pyrrole nitrogens is 2. The van der Waals surface area contributed by atoms with Gasteiger partial charge in [-0.1, -0.05) is 49.6 Å². The Bertz CT molecular complexity index is 1410. The highest BCUT2D eigenvalue weighted by molar-refractivity contribution is 6.32. The maximum Gasteiger partial charge on any atom is 0.258 e. The van der Waals surface area contributed by atoms with Crippen LogP contribution in [0.2, 0.25) is 5.15 Å². The number of Topliss-reactive ketones (excluding diaryl/α,β-unsaturated/α-hetero) is 1. The van der Waals surface area contributed by atoms with Crippen LogP contribution in [0.5, 0.6) is 0 Å². The lowest BCUT2D eigenvalue weighted by Crippen LogP contribution is -2.36. The predicted molar refractivity (Wildman–Crippen MR) is 154 cm³/mol. The summed E-state index contributed by atoms with van der Waals surface area (Å²) < 4.78 is 0. The Hall–Kier alpha value is -2.97. The van der Waals surface area contributed by atoms with Crippen LogP contribution < -0.4 is 10.9 Å². The smallest absolute Gasteiger partial charge is 0.258 e. The first-order chi connectivity index (χ1) is 18.8. The number of hydrogen-bond acceptors (Lipinski definition) is 5. The Morgan fingerprint density at radius 1 is 1.18 bits per heavy atom. The number of aromatic amines is 2. The molecule has 1 aliphatic heterocycles. The van der Waals surface area contributed by atoms with E-state index >= 15 is 0 Å². The number of aromatic nitrogens is 3. The molecule has 8 nitrogen and oxygen atoms in total. The fourth-order valence-corrected chi connectivity index (χ4v) is 6.19. The normalized spacial score (nSPS) is 19.3. The molecular weight excluding hydrogens is 514 g/mol. The molecule has 1 aromatic carbocycles. The van der Waals surface area contributed by atoms with Gasteiger partial charge >= 0.3 is 0 Å². The number of unbranched alkanes of at least 4 members (excludes halogenated alkanes) is 2. The molecule has 1 spiro atoms. The van der Waals surface area contributed by atoms with E-state index in [2.05, 4.69) is 27.2 Å². The molecular formula is C30H38ClN5O3. The third-order valence-corrected chi connectivity index (χ3v) is 8.94. The van der Waals surface area contributed by atoms with Crippen molar-refractivity contribution in [3.8, 4) is 11.3 Å². The number of piperidine rings is 1. The van der Waals surface area contributed by atoms with Gasteiger partial charge in [-0.2, -0.15) is 0 Å². The lowest BCUT2D eigenvalue weighted by Gasteiger charge is -2.30. The quantitative estimate of drug-likeness (QED) is 0.277. The minimum Gasteiger partial charge on any atom is -0.346 e. The fraction of sp³-hybridized carbons (Fsp3) is 0.533. The SMILES string of the molecule is CCC(=O)CCCCC[C@H](NC(=O)[C@H]1CC12CCN(C)CC2)c1nc(-c2cc3ccccc3[nH]c2=O)c(Cl)[nH]1. The summed E-state index contributed by atoms with van der Waals surface area (Å²) in [5.41, 5.74) is 1.38. The molecule has 2 aromatic heterocycles. The molecule has 0 bridgehead atoms. The van der Waals surface area contributed by atoms with Gasteiger partial charge in [0.15, 0.2) is 0 Å². The number of amides is 1. The van der Waals surface area contributed by atoms with Gasteiger partial charge in [-0.25, -0.2) is 4.98 Å². The van der Waals surface area contributed by atoms with Crippen molar-refractivity contribution in [2.75, 3.05) is 20.1 Å². The number of fused-ring (bicyclic) bond motifs is 1. The van der Waals surface area contributed by atoms with E-state index in [-0.39, 0.29) is 39.8 Å². The van der Waals surface area contributed by atoms with E-state index in [0.29, 0.717) is 36.3 Å². The zero-order valence-electron chi connectivity index (χ0n) is 22.8. The van der Waals surface area contributed by atoms with Crippen LogP contribution in [-0.4, -0.2) is 51.7 Å². The summed E-state index contributed by atoms with van der Waals surface area (Å²) in [5.74, 6) is 0.936. The molecule has 9 heteroatoms. The highest BCUT2D eigenvalue weighted by Gasteiger charge is 2.58. The number of pyridine rings is 1. The van der Waals surface area contributed by atoms with E-state index in [1.807, 2.05) is 31.2 Å². The second kappa shape index (κ2) is 11.6. The molecule has 1 saturated carbocycles. The van der Waals surface area contributed by atoms with Crippen molar-refractivity contribution in [1.29, 1.82) is 0 Å². The second-order valence-corrected chi connectivity index (χ2v) is 11.7. The van der Waals surface area contributed by atoms with E-state index in [1.54, 1.807) is 6.07 Å². The largest absolute Gasteiger partial charge is 0.346 e. The number of hydrogen-bond donors (Lipinski definition) is 3. The van der Waals surface area contributed by atoms with Crippen LogP contribution in [0, 0.1) is 11.3 Å². The number of halogens is 1. The number of rotatable bonds is 11. The zero-order chi connectivity index (χ0) is 27.6. The van der Waals surface area contributed by atoms with Crippen LogP contribution in [0.1, 0.15) is 76.6 Å². The molecule has 3 N–H and O–H groups in total. The molecule has 1 aliphatic carbocycles. The Morgan fingerprint density at radius 2 is 1.95 bits per heavy atom. The monoisotopic (exact) mass is 551 g/mol. The van der Waals surface area contributed by atoms with Crippen LogP contribution in [-0.2, 0) is 9.59 Å². The van der Waals surface area contributed by atoms with Crippen molar-refractivity contribution < 1.29 is 9.59 Å². The molecule has 39 heavy (non-hydrogen) atoms. The molecule has 2 aliphatic rings. The van der Waals surface area contributed by atoms with Crippen LogP contribution >= 0.6 is 11.6 Å². The van der Waals surface area contributed by atoms with Crippen LogP contribution in [0.3, 0.4) is 0 Å². The third kappa shape index (κ3) is 6.12. The van der Waals surface area contributed by atoms with Crippen molar-refractivity contribution in [3.05, 3.63) is 51.7 Å². The van der Waals surface area contributed by atoms with Crippen LogP contribution in [0.4, 0.5) is 0 Å². The molecule has 0 radical (unpaired) electrons. The molecule has 1 amide bonds. The van der Waals surface area contributed by atoms with Gasteiger partial charge in [0.05, 0.1) is 11.6 Å². The minimum atomic E-state index is -0.353. The highest BCUT2D eigenvalue weighted by Crippen LogP contribution is 2.59. The molecule has 1 saturated heterocycles. The maximum absolute atomic E-state index is 13.4. The number of carbonyl (C=O) groups is 2. The molecule has 2 fully saturated rings. The Labute approximate surface area is 233 Å². The second-order valence-electron chi connectivity index (χ2n) is 11.4. The van der Waals surface area contributed by atoms with Gasteiger partial charge in [0, 0.05) is 24.3 Å².